The molecule has 8 aliphatic carbocycles. The first-order valence-corrected chi connectivity index (χ1v) is 45.0. The van der Waals surface area contributed by atoms with Crippen LogP contribution in [-0.4, -0.2) is 137 Å². The minimum absolute atomic E-state index is 0.108. The summed E-state index contributed by atoms with van der Waals surface area (Å²) < 4.78 is 66.0. The van der Waals surface area contributed by atoms with Gasteiger partial charge in [0.2, 0.25) is 0 Å². The molecule has 646 valence electrons. The number of hydrogen-bond acceptors (Lipinski definition) is 15. The quantitative estimate of drug-likeness (QED) is 0.0351. The van der Waals surface area contributed by atoms with E-state index in [0.717, 1.165) is 99.8 Å². The maximum Gasteiger partial charge on any atom is 0.430 e. The van der Waals surface area contributed by atoms with Crippen LogP contribution in [0.4, 0.5) is 13.2 Å². The van der Waals surface area contributed by atoms with Crippen molar-refractivity contribution in [2.45, 2.75) is 271 Å². The molecule has 2 saturated heterocycles. The molecule has 8 fully saturated rings. The fraction of sp³-hybridized carbons (Fsp3) is 0.772. The summed E-state index contributed by atoms with van der Waals surface area (Å²) in [4.78, 5) is 52.0. The van der Waals surface area contributed by atoms with Crippen LogP contribution < -0.4 is 21.1 Å². The highest BCUT2D eigenvalue weighted by molar-refractivity contribution is 14.1. The Labute approximate surface area is 703 Å². The number of halogens is 4. The lowest BCUT2D eigenvalue weighted by atomic mass is 9.34. The van der Waals surface area contributed by atoms with Gasteiger partial charge in [-0.2, -0.15) is 23.4 Å². The molecule has 0 amide bonds. The summed E-state index contributed by atoms with van der Waals surface area (Å²) in [5.41, 5.74) is 14.9. The SMILES string of the molecule is CC(C)[C@@H](C)[C@@]1(C)CC[C@]2(C)[C@H]3CC[C@@H]4[C@@]5(COC[C@@]4(C)[C@@H](OC[C@](C)(N)C(C)(C)C)[C@H](n4ncnc4-c4ccc[n+](C)c4)C5)C3=CC[C@@]2(C)[C@@H]1C(=O)O.CC(C)[C@@H](C)[C@@]1(C)CC[C@]2(C)[C@H]3CC[C@@H]4[C@@]5(COC[C@@]4(C)[C@@H](OC[C@](C)(N)C(C)(C)C)[C@H](n4ncnc4-c4cccnc4)C5)C3=CC[C@@]2(C)[C@@H]1C(=O)O.CI.O=C([O-])C(F)(F)F. The molecule has 14 rings (SSSR count). The van der Waals surface area contributed by atoms with Gasteiger partial charge in [0.1, 0.15) is 25.7 Å². The number of aliphatic carboxylic acids is 3. The number of carboxylic acid groups (broad SMARTS) is 3. The number of hydrogen-bond donors (Lipinski definition) is 4. The summed E-state index contributed by atoms with van der Waals surface area (Å²) in [6, 6.07) is 7.93. The van der Waals surface area contributed by atoms with E-state index in [9.17, 15) is 33.0 Å². The van der Waals surface area contributed by atoms with E-state index >= 15 is 0 Å². The molecular formula is C92H140F3IN10O10. The van der Waals surface area contributed by atoms with Crippen molar-refractivity contribution in [3.05, 3.63) is 85.0 Å². The number of allylic oxidation sites excluding steroid dienone is 2. The van der Waals surface area contributed by atoms with Gasteiger partial charge in [-0.25, -0.2) is 23.9 Å². The van der Waals surface area contributed by atoms with E-state index in [1.807, 2.05) is 36.5 Å². The van der Waals surface area contributed by atoms with Crippen LogP contribution in [0.25, 0.3) is 22.8 Å². The molecule has 6 N–H and O–H groups in total. The number of carbonyl (C=O) groups excluding carboxylic acids is 1. The molecule has 24 atom stereocenters. The Morgan fingerprint density at radius 3 is 1.34 bits per heavy atom. The molecule has 4 aromatic heterocycles. The van der Waals surface area contributed by atoms with Crippen molar-refractivity contribution in [2.24, 2.45) is 143 Å². The van der Waals surface area contributed by atoms with Crippen LogP contribution in [-0.2, 0) is 40.4 Å². The third-order valence-corrected chi connectivity index (χ3v) is 34.9. The Balaban J connectivity index is 0.000000207. The summed E-state index contributed by atoms with van der Waals surface area (Å²) in [5.74, 6) is -0.761. The van der Waals surface area contributed by atoms with E-state index in [1.165, 1.54) is 11.1 Å². The molecular weight excluding hydrogens is 1590 g/mol. The number of aromatic nitrogens is 8. The topological polar surface area (TPSA) is 282 Å². The standard InChI is InChI=1S/C45H69N5O4.C44H67N5O4.C2HF3O2.CH3I/c1-28(2)29(3)40(7)19-20-42(9)31-15-16-34-41(8)24-53-26-45(34,32(31)17-18-43(42,10)35(40)38(51)52)22-33(36(41)54-25-44(11,46)39(4,5)6)50-37(47-27-48-50)30-14-13-21-49(12)23-30;1-27(2)28(3)39(7)18-19-41(9)30-14-15-33-40(8)23-52-25-44(33,31(30)16-17-42(41,10)34(39)37(50)51)21-32(35(40)53-24-43(11,45)38(4,5)6)49-36(47-26-48-49)29-13-12-20-46-22-29;3-2(4,5)1(6)7;1-2/h13-14,17,21,23,27-29,31,33-36H,15-16,18-20,22,24-26,46H2,1-12H3;12-13,16,20,22,26-28,30,32-35H,14-15,17-19,21,23-25,45H2,1-11H3,(H,50,51);(H,6,7);1H3/t29-,31+,33-,34+,35-,36+,40-,41-,42-,43+,44+,45+;28-,30+,32-,33+,34-,35+,39-,40-,41-,42+,43+,44+;;/m11../s1. The van der Waals surface area contributed by atoms with Crippen molar-refractivity contribution in [1.82, 2.24) is 34.5 Å². The van der Waals surface area contributed by atoms with Crippen LogP contribution >= 0.6 is 22.6 Å². The summed E-state index contributed by atoms with van der Waals surface area (Å²) in [6.07, 6.45) is 22.0. The summed E-state index contributed by atoms with van der Waals surface area (Å²) in [7, 11) is 2.04. The van der Waals surface area contributed by atoms with Gasteiger partial charge in [0.25, 0.3) is 0 Å². The minimum atomic E-state index is -5.19. The van der Waals surface area contributed by atoms with Crippen LogP contribution in [0.15, 0.2) is 85.0 Å². The molecule has 0 spiro atoms. The molecule has 116 heavy (non-hydrogen) atoms. The predicted molar refractivity (Wildman–Crippen MR) is 450 cm³/mol. The lowest BCUT2D eigenvalue weighted by molar-refractivity contribution is -0.671. The second kappa shape index (κ2) is 31.9. The monoisotopic (exact) mass is 1730 g/mol. The first-order chi connectivity index (χ1) is 53.7. The van der Waals surface area contributed by atoms with Crippen LogP contribution in [0, 0.1) is 124 Å². The van der Waals surface area contributed by atoms with Crippen molar-refractivity contribution >= 4 is 40.5 Å². The van der Waals surface area contributed by atoms with E-state index in [-0.39, 0.29) is 101 Å². The van der Waals surface area contributed by atoms with Gasteiger partial charge in [-0.05, 0) is 205 Å². The number of fused-ring (bicyclic) bond motifs is 6. The molecule has 6 heterocycles. The van der Waals surface area contributed by atoms with Gasteiger partial charge in [0.15, 0.2) is 24.0 Å². The Kier molecular flexibility index (Phi) is 25.2. The fourth-order valence-electron chi connectivity index (χ4n) is 25.8. The van der Waals surface area contributed by atoms with Crippen molar-refractivity contribution in [1.29, 1.82) is 0 Å². The summed E-state index contributed by atoms with van der Waals surface area (Å²) >= 11 is 2.15. The number of nitrogens with two attached hydrogens (primary N) is 2. The van der Waals surface area contributed by atoms with Crippen molar-refractivity contribution in [3.8, 4) is 22.8 Å². The number of rotatable bonds is 16. The van der Waals surface area contributed by atoms with E-state index < -0.39 is 47.0 Å². The Bertz CT molecular complexity index is 4290. The zero-order chi connectivity index (χ0) is 86.1. The van der Waals surface area contributed by atoms with Crippen LogP contribution in [0.2, 0.25) is 0 Å². The molecule has 0 aromatic carbocycles. The molecule has 4 aromatic rings. The van der Waals surface area contributed by atoms with Gasteiger partial charge in [0, 0.05) is 56.8 Å². The number of carbonyl (C=O) groups is 3. The Hall–Kier alpha value is -5.25. The van der Waals surface area contributed by atoms with E-state index in [1.54, 1.807) is 18.9 Å². The average molecular weight is 1730 g/mol. The van der Waals surface area contributed by atoms with Crippen LogP contribution in [0.5, 0.6) is 0 Å². The number of ether oxygens (including phenoxy) is 4. The highest BCUT2D eigenvalue weighted by Crippen LogP contribution is 2.78. The predicted octanol–water partition coefficient (Wildman–Crippen LogP) is 17.0. The minimum Gasteiger partial charge on any atom is -0.542 e. The smallest absolute Gasteiger partial charge is 0.430 e. The van der Waals surface area contributed by atoms with Gasteiger partial charge >= 0.3 is 18.1 Å². The number of alkyl halides is 4. The highest BCUT2D eigenvalue weighted by atomic mass is 127. The number of pyridine rings is 2. The maximum absolute atomic E-state index is 13.6. The second-order valence-electron chi connectivity index (χ2n) is 42.9. The van der Waals surface area contributed by atoms with Gasteiger partial charge in [-0.3, -0.25) is 14.6 Å². The van der Waals surface area contributed by atoms with E-state index in [4.69, 9.17) is 60.5 Å². The Morgan fingerprint density at radius 1 is 0.612 bits per heavy atom. The largest absolute Gasteiger partial charge is 0.542 e. The molecule has 6 saturated carbocycles. The molecule has 10 aliphatic rings. The third-order valence-electron chi connectivity index (χ3n) is 34.9. The summed E-state index contributed by atoms with van der Waals surface area (Å²) in [5, 5.41) is 41.1. The molecule has 24 heteroatoms. The number of nitrogens with zero attached hydrogens (tertiary/aromatic N) is 8. The first-order valence-electron chi connectivity index (χ1n) is 42.8. The lowest BCUT2D eigenvalue weighted by Gasteiger charge is -2.71. The normalized spacial score (nSPS) is 38.7. The van der Waals surface area contributed by atoms with E-state index in [2.05, 4.69) is 224 Å². The highest BCUT2D eigenvalue weighted by Gasteiger charge is 2.75. The summed E-state index contributed by atoms with van der Waals surface area (Å²) in [6.45, 7) is 53.3. The van der Waals surface area contributed by atoms with Crippen molar-refractivity contribution in [3.63, 3.8) is 0 Å². The average Bonchev–Trinajstić information content (AvgIpc) is 0.745. The first kappa shape index (κ1) is 91.5. The zero-order valence-electron chi connectivity index (χ0n) is 74.1. The van der Waals surface area contributed by atoms with Gasteiger partial charge < -0.3 is 50.5 Å². The fourth-order valence-corrected chi connectivity index (χ4v) is 25.8. The second-order valence-corrected chi connectivity index (χ2v) is 42.9. The van der Waals surface area contributed by atoms with E-state index in [0.29, 0.717) is 75.1 Å². The maximum atomic E-state index is 13.6. The van der Waals surface area contributed by atoms with Crippen molar-refractivity contribution in [2.75, 3.05) is 44.6 Å². The lowest BCUT2D eigenvalue weighted by Crippen LogP contribution is -2.69. The molecule has 4 bridgehead atoms. The Morgan fingerprint density at radius 2 is 1.00 bits per heavy atom. The van der Waals surface area contributed by atoms with Crippen molar-refractivity contribution < 1.29 is 66.4 Å². The third kappa shape index (κ3) is 14.7. The molecule has 20 nitrogen and oxygen atoms in total. The molecule has 0 unspecified atom stereocenters. The van der Waals surface area contributed by atoms with Crippen LogP contribution in [0.3, 0.4) is 0 Å². The zero-order valence-corrected chi connectivity index (χ0v) is 76.3. The number of carboxylic acids is 3. The molecule has 0 radical (unpaired) electrons. The molecule has 2 aliphatic heterocycles. The number of aryl methyl sites for hydroxylation is 1. The van der Waals surface area contributed by atoms with Crippen LogP contribution in [0.1, 0.15) is 241 Å². The van der Waals surface area contributed by atoms with Gasteiger partial charge in [-0.15, -0.1) is 0 Å². The van der Waals surface area contributed by atoms with Gasteiger partial charge in [0.05, 0.1) is 81.3 Å². The van der Waals surface area contributed by atoms with Gasteiger partial charge in [-0.1, -0.05) is 184 Å².